The average molecular weight is 344 g/mol. The molecule has 0 aromatic heterocycles. The van der Waals surface area contributed by atoms with Crippen molar-refractivity contribution in [2.75, 3.05) is 14.2 Å². The van der Waals surface area contributed by atoms with Gasteiger partial charge in [0.1, 0.15) is 5.78 Å². The minimum atomic E-state index is -1.14. The lowest BCUT2D eigenvalue weighted by molar-refractivity contribution is -0.162. The van der Waals surface area contributed by atoms with E-state index in [4.69, 9.17) is 9.47 Å². The third-order valence-electron chi connectivity index (χ3n) is 4.67. The number of rotatable bonds is 6. The lowest BCUT2D eigenvalue weighted by Crippen LogP contribution is -2.39. The van der Waals surface area contributed by atoms with E-state index in [1.54, 1.807) is 6.08 Å². The molecular weight excluding hydrogens is 320 g/mol. The molecule has 0 aliphatic heterocycles. The van der Waals surface area contributed by atoms with Crippen LogP contribution in [0.15, 0.2) is 36.4 Å². The van der Waals surface area contributed by atoms with Gasteiger partial charge in [0, 0.05) is 18.3 Å². The Labute approximate surface area is 148 Å². The van der Waals surface area contributed by atoms with E-state index in [0.717, 1.165) is 18.4 Å². The highest BCUT2D eigenvalue weighted by Crippen LogP contribution is 2.34. The highest BCUT2D eigenvalue weighted by molar-refractivity contribution is 5.96. The van der Waals surface area contributed by atoms with Crippen LogP contribution in [0.25, 0.3) is 6.08 Å². The molecule has 1 aliphatic carbocycles. The van der Waals surface area contributed by atoms with Gasteiger partial charge in [0.2, 0.25) is 0 Å². The SMILES string of the molecule is COC(=O)C(C(=O)OC)C(/C=C/c1ccccc1)C1CCCCC1=O. The summed E-state index contributed by atoms with van der Waals surface area (Å²) in [7, 11) is 2.47. The number of carbonyl (C=O) groups excluding carboxylic acids is 3. The van der Waals surface area contributed by atoms with Crippen LogP contribution in [0, 0.1) is 17.8 Å². The molecule has 5 heteroatoms. The van der Waals surface area contributed by atoms with Crippen LogP contribution in [0.4, 0.5) is 0 Å². The van der Waals surface area contributed by atoms with Crippen molar-refractivity contribution in [3.05, 3.63) is 42.0 Å². The predicted octanol–water partition coefficient (Wildman–Crippen LogP) is 3.04. The number of Topliss-reactive ketones (excluding diaryl/α,β-unsaturated/α-hetero) is 1. The summed E-state index contributed by atoms with van der Waals surface area (Å²) < 4.78 is 9.62. The van der Waals surface area contributed by atoms with E-state index >= 15 is 0 Å². The maximum atomic E-state index is 12.4. The largest absolute Gasteiger partial charge is 0.468 e. The van der Waals surface area contributed by atoms with Gasteiger partial charge in [0.25, 0.3) is 0 Å². The van der Waals surface area contributed by atoms with E-state index in [-0.39, 0.29) is 11.7 Å². The van der Waals surface area contributed by atoms with Crippen molar-refractivity contribution < 1.29 is 23.9 Å². The second kappa shape index (κ2) is 9.16. The second-order valence-corrected chi connectivity index (χ2v) is 6.19. The van der Waals surface area contributed by atoms with E-state index in [1.165, 1.54) is 14.2 Å². The summed E-state index contributed by atoms with van der Waals surface area (Å²) in [6.07, 6.45) is 6.52. The van der Waals surface area contributed by atoms with Crippen LogP contribution < -0.4 is 0 Å². The van der Waals surface area contributed by atoms with E-state index in [0.29, 0.717) is 12.8 Å². The van der Waals surface area contributed by atoms with Gasteiger partial charge < -0.3 is 9.47 Å². The zero-order valence-corrected chi connectivity index (χ0v) is 14.6. The van der Waals surface area contributed by atoms with Crippen molar-refractivity contribution >= 4 is 23.8 Å². The van der Waals surface area contributed by atoms with Crippen LogP contribution in [0.5, 0.6) is 0 Å². The first kappa shape index (κ1) is 18.9. The maximum absolute atomic E-state index is 12.4. The fourth-order valence-electron chi connectivity index (χ4n) is 3.35. The van der Waals surface area contributed by atoms with Crippen LogP contribution in [0.3, 0.4) is 0 Å². The van der Waals surface area contributed by atoms with Gasteiger partial charge in [-0.3, -0.25) is 14.4 Å². The van der Waals surface area contributed by atoms with Crippen molar-refractivity contribution in [1.29, 1.82) is 0 Å². The summed E-state index contributed by atoms with van der Waals surface area (Å²) in [5.74, 6) is -3.35. The first-order valence-electron chi connectivity index (χ1n) is 8.50. The van der Waals surface area contributed by atoms with Gasteiger partial charge in [-0.25, -0.2) is 0 Å². The van der Waals surface area contributed by atoms with Crippen molar-refractivity contribution in [1.82, 2.24) is 0 Å². The van der Waals surface area contributed by atoms with Gasteiger partial charge in [0.05, 0.1) is 14.2 Å². The van der Waals surface area contributed by atoms with Crippen molar-refractivity contribution in [3.8, 4) is 0 Å². The molecule has 0 radical (unpaired) electrons. The standard InChI is InChI=1S/C20H24O5/c1-24-19(22)18(20(23)25-2)16(15-10-6-7-11-17(15)21)13-12-14-8-4-3-5-9-14/h3-5,8-9,12-13,15-16,18H,6-7,10-11H2,1-2H3/b13-12+. The normalized spacial score (nSPS) is 19.0. The first-order chi connectivity index (χ1) is 12.1. The fraction of sp³-hybridized carbons (Fsp3) is 0.450. The lowest BCUT2D eigenvalue weighted by atomic mass is 9.73. The summed E-state index contributed by atoms with van der Waals surface area (Å²) >= 11 is 0. The Bertz CT molecular complexity index is 619. The van der Waals surface area contributed by atoms with Crippen molar-refractivity contribution in [3.63, 3.8) is 0 Å². The molecule has 1 aromatic carbocycles. The Morgan fingerprint density at radius 1 is 1.08 bits per heavy atom. The number of esters is 2. The number of ketones is 1. The third-order valence-corrected chi connectivity index (χ3v) is 4.67. The molecule has 0 saturated heterocycles. The van der Waals surface area contributed by atoms with E-state index in [1.807, 2.05) is 36.4 Å². The molecule has 2 atom stereocenters. The monoisotopic (exact) mass is 344 g/mol. The lowest BCUT2D eigenvalue weighted by Gasteiger charge is -2.30. The number of methoxy groups -OCH3 is 2. The molecule has 0 spiro atoms. The number of ether oxygens (including phenoxy) is 2. The number of hydrogen-bond acceptors (Lipinski definition) is 5. The van der Waals surface area contributed by atoms with Crippen LogP contribution in [0.1, 0.15) is 31.2 Å². The molecule has 2 unspecified atom stereocenters. The van der Waals surface area contributed by atoms with Crippen LogP contribution >= 0.6 is 0 Å². The molecule has 1 saturated carbocycles. The summed E-state index contributed by atoms with van der Waals surface area (Å²) in [5, 5.41) is 0. The first-order valence-corrected chi connectivity index (χ1v) is 8.50. The van der Waals surface area contributed by atoms with Gasteiger partial charge in [-0.1, -0.05) is 48.9 Å². The molecular formula is C20H24O5. The minimum absolute atomic E-state index is 0.0896. The second-order valence-electron chi connectivity index (χ2n) is 6.19. The topological polar surface area (TPSA) is 69.7 Å². The van der Waals surface area contributed by atoms with Gasteiger partial charge in [-0.05, 0) is 18.4 Å². The van der Waals surface area contributed by atoms with Crippen LogP contribution in [-0.4, -0.2) is 31.9 Å². The summed E-state index contributed by atoms with van der Waals surface area (Å²) in [6.45, 7) is 0. The Hall–Kier alpha value is -2.43. The van der Waals surface area contributed by atoms with E-state index in [9.17, 15) is 14.4 Å². The Morgan fingerprint density at radius 3 is 2.28 bits per heavy atom. The molecule has 25 heavy (non-hydrogen) atoms. The zero-order chi connectivity index (χ0) is 18.2. The zero-order valence-electron chi connectivity index (χ0n) is 14.6. The highest BCUT2D eigenvalue weighted by atomic mass is 16.5. The van der Waals surface area contributed by atoms with Gasteiger partial charge in [-0.2, -0.15) is 0 Å². The van der Waals surface area contributed by atoms with Gasteiger partial charge in [0.15, 0.2) is 5.92 Å². The third kappa shape index (κ3) is 4.78. The Kier molecular flexibility index (Phi) is 6.92. The van der Waals surface area contributed by atoms with Gasteiger partial charge >= 0.3 is 11.9 Å². The molecule has 0 amide bonds. The van der Waals surface area contributed by atoms with Crippen molar-refractivity contribution in [2.24, 2.45) is 17.8 Å². The fourth-order valence-corrected chi connectivity index (χ4v) is 3.35. The number of carbonyl (C=O) groups is 3. The molecule has 2 rings (SSSR count). The molecule has 1 aliphatic rings. The highest BCUT2D eigenvalue weighted by Gasteiger charge is 2.42. The molecule has 0 heterocycles. The smallest absolute Gasteiger partial charge is 0.320 e. The Balaban J connectivity index is 2.38. The van der Waals surface area contributed by atoms with Gasteiger partial charge in [-0.15, -0.1) is 0 Å². The van der Waals surface area contributed by atoms with Crippen LogP contribution in [0.2, 0.25) is 0 Å². The van der Waals surface area contributed by atoms with E-state index < -0.39 is 23.8 Å². The van der Waals surface area contributed by atoms with Crippen molar-refractivity contribution in [2.45, 2.75) is 25.7 Å². The molecule has 134 valence electrons. The molecule has 0 N–H and O–H groups in total. The molecule has 5 nitrogen and oxygen atoms in total. The summed E-state index contributed by atoms with van der Waals surface area (Å²) in [5.41, 5.74) is 0.934. The number of hydrogen-bond donors (Lipinski definition) is 0. The number of allylic oxidation sites excluding steroid dienone is 1. The quantitative estimate of drug-likeness (QED) is 0.586. The molecule has 0 bridgehead atoms. The minimum Gasteiger partial charge on any atom is -0.468 e. The van der Waals surface area contributed by atoms with Crippen LogP contribution in [-0.2, 0) is 23.9 Å². The maximum Gasteiger partial charge on any atom is 0.320 e. The van der Waals surface area contributed by atoms with E-state index in [2.05, 4.69) is 0 Å². The predicted molar refractivity (Wildman–Crippen MR) is 93.5 cm³/mol. The average Bonchev–Trinajstić information content (AvgIpc) is 2.65. The molecule has 1 fully saturated rings. The summed E-state index contributed by atoms with van der Waals surface area (Å²) in [4.78, 5) is 36.9. The number of benzene rings is 1. The summed E-state index contributed by atoms with van der Waals surface area (Å²) in [6, 6.07) is 9.55. The Morgan fingerprint density at radius 2 is 1.72 bits per heavy atom. The molecule has 1 aromatic rings.